The Labute approximate surface area is 212 Å². The highest BCUT2D eigenvalue weighted by atomic mass is 32.2. The van der Waals surface area contributed by atoms with E-state index >= 15 is 0 Å². The number of hydrogen-bond donors (Lipinski definition) is 1. The van der Waals surface area contributed by atoms with Gasteiger partial charge in [0.15, 0.2) is 0 Å². The molecule has 3 aromatic rings. The molecule has 1 spiro atoms. The van der Waals surface area contributed by atoms with Crippen LogP contribution in [-0.4, -0.2) is 41.1 Å². The molecule has 3 nitrogen and oxygen atoms in total. The van der Waals surface area contributed by atoms with Gasteiger partial charge in [-0.1, -0.05) is 55.5 Å². The maximum Gasteiger partial charge on any atom is 0.102 e. The first-order chi connectivity index (χ1) is 16.7. The second kappa shape index (κ2) is 9.57. The molecule has 0 saturated carbocycles. The topological polar surface area (TPSA) is 28.3 Å². The number of rotatable bonds is 6. The Morgan fingerprint density at radius 1 is 1.03 bits per heavy atom. The van der Waals surface area contributed by atoms with Gasteiger partial charge in [-0.15, -0.1) is 23.5 Å². The lowest BCUT2D eigenvalue weighted by molar-refractivity contribution is -0.0255. The van der Waals surface area contributed by atoms with Crippen molar-refractivity contribution in [2.24, 2.45) is 5.41 Å². The first-order valence-corrected chi connectivity index (χ1v) is 15.0. The van der Waals surface area contributed by atoms with Gasteiger partial charge >= 0.3 is 0 Å². The molecule has 0 unspecified atom stereocenters. The van der Waals surface area contributed by atoms with Crippen LogP contribution in [0.5, 0.6) is 0 Å². The number of aromatic amines is 1. The van der Waals surface area contributed by atoms with E-state index in [9.17, 15) is 0 Å². The monoisotopic (exact) mass is 492 g/mol. The van der Waals surface area contributed by atoms with Crippen LogP contribution in [0.3, 0.4) is 0 Å². The number of H-pyrrole nitrogens is 1. The van der Waals surface area contributed by atoms with Crippen molar-refractivity contribution in [3.8, 4) is 0 Å². The van der Waals surface area contributed by atoms with Gasteiger partial charge in [-0.25, -0.2) is 0 Å². The van der Waals surface area contributed by atoms with Crippen molar-refractivity contribution in [3.63, 3.8) is 0 Å². The van der Waals surface area contributed by atoms with Crippen molar-refractivity contribution >= 4 is 34.4 Å². The third-order valence-corrected chi connectivity index (χ3v) is 11.7. The number of ether oxygens (including phenoxy) is 1. The Morgan fingerprint density at radius 3 is 2.65 bits per heavy atom. The predicted octanol–water partition coefficient (Wildman–Crippen LogP) is 7.34. The first-order valence-electron chi connectivity index (χ1n) is 13.0. The number of likely N-dealkylation sites (tertiary alicyclic amines) is 1. The maximum absolute atomic E-state index is 6.18. The minimum Gasteiger partial charge on any atom is -0.375 e. The molecule has 2 aromatic carbocycles. The van der Waals surface area contributed by atoms with Crippen LogP contribution < -0.4 is 0 Å². The third kappa shape index (κ3) is 3.93. The van der Waals surface area contributed by atoms with Crippen molar-refractivity contribution in [3.05, 3.63) is 71.4 Å². The van der Waals surface area contributed by atoms with Crippen molar-refractivity contribution in [2.45, 2.75) is 55.8 Å². The number of para-hydroxylation sites is 1. The number of benzene rings is 2. The molecule has 2 saturated heterocycles. The molecule has 2 atom stereocenters. The summed E-state index contributed by atoms with van der Waals surface area (Å²) in [5.74, 6) is 2.56. The fourth-order valence-electron chi connectivity index (χ4n) is 6.76. The van der Waals surface area contributed by atoms with Gasteiger partial charge in [-0.05, 0) is 67.2 Å². The van der Waals surface area contributed by atoms with Crippen LogP contribution in [0, 0.1) is 5.41 Å². The number of nitrogens with zero attached hydrogens (tertiary/aromatic N) is 1. The predicted molar refractivity (Wildman–Crippen MR) is 146 cm³/mol. The van der Waals surface area contributed by atoms with Crippen LogP contribution in [0.15, 0.2) is 54.6 Å². The SMILES string of the molecule is CC[C@@]12CCCN(CCOCc3ccccc3)[C@@H]1c1c([nH]c3ccccc13)C1(C2)SCCCS1. The van der Waals surface area contributed by atoms with E-state index in [0.717, 1.165) is 13.2 Å². The Kier molecular flexibility index (Phi) is 6.48. The molecular weight excluding hydrogens is 456 g/mol. The number of nitrogens with one attached hydrogen (secondary N) is 1. The molecule has 180 valence electrons. The quantitative estimate of drug-likeness (QED) is 0.364. The summed E-state index contributed by atoms with van der Waals surface area (Å²) in [6.45, 7) is 6.12. The Hall–Kier alpha value is -1.40. The third-order valence-electron chi connectivity index (χ3n) is 8.35. The van der Waals surface area contributed by atoms with Crippen LogP contribution >= 0.6 is 23.5 Å². The van der Waals surface area contributed by atoms with Crippen LogP contribution in [0.2, 0.25) is 0 Å². The average molecular weight is 493 g/mol. The van der Waals surface area contributed by atoms with Gasteiger partial charge in [0.05, 0.1) is 13.2 Å². The zero-order chi connectivity index (χ0) is 23.0. The summed E-state index contributed by atoms with van der Waals surface area (Å²) in [5.41, 5.74) is 6.04. The van der Waals surface area contributed by atoms with E-state index in [1.807, 2.05) is 0 Å². The molecule has 1 aromatic heterocycles. The molecular formula is C29H36N2OS2. The number of aromatic nitrogens is 1. The van der Waals surface area contributed by atoms with Gasteiger partial charge in [0.25, 0.3) is 0 Å². The van der Waals surface area contributed by atoms with E-state index < -0.39 is 0 Å². The van der Waals surface area contributed by atoms with Gasteiger partial charge in [-0.2, -0.15) is 0 Å². The number of fused-ring (bicyclic) bond motifs is 6. The Bertz CT molecular complexity index is 1120. The van der Waals surface area contributed by atoms with E-state index in [0.29, 0.717) is 18.1 Å². The van der Waals surface area contributed by atoms with Gasteiger partial charge in [-0.3, -0.25) is 4.90 Å². The van der Waals surface area contributed by atoms with Crippen molar-refractivity contribution in [1.29, 1.82) is 0 Å². The molecule has 2 aliphatic heterocycles. The van der Waals surface area contributed by atoms with Crippen molar-refractivity contribution < 1.29 is 4.74 Å². The molecule has 5 heteroatoms. The zero-order valence-corrected chi connectivity index (χ0v) is 21.9. The molecule has 6 rings (SSSR count). The Balaban J connectivity index is 1.35. The minimum absolute atomic E-state index is 0.186. The number of thioether (sulfide) groups is 2. The lowest BCUT2D eigenvalue weighted by Crippen LogP contribution is -2.52. The molecule has 1 N–H and O–H groups in total. The van der Waals surface area contributed by atoms with Crippen LogP contribution in [0.25, 0.3) is 10.9 Å². The molecule has 34 heavy (non-hydrogen) atoms. The molecule has 0 bridgehead atoms. The van der Waals surface area contributed by atoms with Gasteiger partial charge in [0.2, 0.25) is 0 Å². The second-order valence-electron chi connectivity index (χ2n) is 10.2. The fourth-order valence-corrected chi connectivity index (χ4v) is 10.4. The van der Waals surface area contributed by atoms with Gasteiger partial charge in [0, 0.05) is 34.7 Å². The van der Waals surface area contributed by atoms with Crippen LogP contribution in [0.4, 0.5) is 0 Å². The molecule has 2 fully saturated rings. The minimum atomic E-state index is 0.186. The smallest absolute Gasteiger partial charge is 0.102 e. The highest BCUT2D eigenvalue weighted by Crippen LogP contribution is 2.67. The van der Waals surface area contributed by atoms with Crippen LogP contribution in [-0.2, 0) is 15.4 Å². The second-order valence-corrected chi connectivity index (χ2v) is 13.3. The normalized spacial score (nSPS) is 26.4. The first kappa shape index (κ1) is 23.0. The largest absolute Gasteiger partial charge is 0.375 e. The summed E-state index contributed by atoms with van der Waals surface area (Å²) < 4.78 is 6.36. The lowest BCUT2D eigenvalue weighted by Gasteiger charge is -2.58. The lowest BCUT2D eigenvalue weighted by atomic mass is 9.62. The van der Waals surface area contributed by atoms with E-state index in [2.05, 4.69) is 94.9 Å². The van der Waals surface area contributed by atoms with Crippen molar-refractivity contribution in [2.75, 3.05) is 31.2 Å². The number of piperidine rings is 1. The standard InChI is InChI=1S/C29H36N2OS2/c1-2-28-14-8-15-31(16-17-32-20-22-10-4-3-5-11-22)27(28)25-23-12-6-7-13-24(23)30-26(25)29(21-28)33-18-9-19-34-29/h3-7,10-13,27,30H,2,8-9,14-21H2,1H3/t27-,28+/m1/s1. The fraction of sp³-hybridized carbons (Fsp3) is 0.517. The number of hydrogen-bond acceptors (Lipinski definition) is 4. The summed E-state index contributed by atoms with van der Waals surface area (Å²) in [6.07, 6.45) is 6.52. The summed E-state index contributed by atoms with van der Waals surface area (Å²) >= 11 is 4.45. The summed E-state index contributed by atoms with van der Waals surface area (Å²) in [5, 5.41) is 1.45. The molecule has 0 amide bonds. The summed E-state index contributed by atoms with van der Waals surface area (Å²) in [6, 6.07) is 20.1. The maximum atomic E-state index is 6.18. The Morgan fingerprint density at radius 2 is 1.82 bits per heavy atom. The summed E-state index contributed by atoms with van der Waals surface area (Å²) in [4.78, 5) is 6.74. The van der Waals surface area contributed by atoms with E-state index in [1.165, 1.54) is 72.3 Å². The molecule has 3 aliphatic rings. The molecule has 1 aliphatic carbocycles. The molecule has 3 heterocycles. The van der Waals surface area contributed by atoms with E-state index in [4.69, 9.17) is 4.74 Å². The summed E-state index contributed by atoms with van der Waals surface area (Å²) in [7, 11) is 0. The van der Waals surface area contributed by atoms with E-state index in [-0.39, 0.29) is 4.08 Å². The molecule has 0 radical (unpaired) electrons. The van der Waals surface area contributed by atoms with Gasteiger partial charge < -0.3 is 9.72 Å². The van der Waals surface area contributed by atoms with E-state index in [1.54, 1.807) is 5.56 Å². The van der Waals surface area contributed by atoms with Gasteiger partial charge in [0.1, 0.15) is 4.08 Å². The highest BCUT2D eigenvalue weighted by molar-refractivity contribution is 8.18. The highest BCUT2D eigenvalue weighted by Gasteiger charge is 2.57. The van der Waals surface area contributed by atoms with Crippen LogP contribution in [0.1, 0.15) is 61.9 Å². The zero-order valence-electron chi connectivity index (χ0n) is 20.2. The average Bonchev–Trinajstić information content (AvgIpc) is 3.28. The van der Waals surface area contributed by atoms with Crippen molar-refractivity contribution in [1.82, 2.24) is 9.88 Å².